The summed E-state index contributed by atoms with van der Waals surface area (Å²) in [5, 5.41) is 25.6. The van der Waals surface area contributed by atoms with Gasteiger partial charge in [-0.3, -0.25) is 19.2 Å². The number of carbonyl (C=O) groups excluding carboxylic acids is 3. The lowest BCUT2D eigenvalue weighted by atomic mass is 10.0. The Morgan fingerprint density at radius 3 is 1.97 bits per heavy atom. The van der Waals surface area contributed by atoms with Gasteiger partial charge in [0, 0.05) is 6.42 Å². The van der Waals surface area contributed by atoms with Crippen LogP contribution in [0, 0.1) is 5.92 Å². The predicted octanol–water partition coefficient (Wildman–Crippen LogP) is -0.744. The van der Waals surface area contributed by atoms with Crippen molar-refractivity contribution in [3.8, 4) is 0 Å². The Morgan fingerprint density at radius 2 is 1.47 bits per heavy atom. The molecule has 0 aromatic carbocycles. The fourth-order valence-corrected chi connectivity index (χ4v) is 3.48. The molecule has 12 nitrogen and oxygen atoms in total. The molecule has 0 spiro atoms. The Labute approximate surface area is 204 Å². The van der Waals surface area contributed by atoms with Crippen LogP contribution in [0.5, 0.6) is 0 Å². The summed E-state index contributed by atoms with van der Waals surface area (Å²) in [7, 11) is 0. The van der Waals surface area contributed by atoms with E-state index in [1.165, 1.54) is 0 Å². The summed E-state index contributed by atoms with van der Waals surface area (Å²) < 4.78 is 0. The molecule has 4 unspecified atom stereocenters. The standard InChI is InChI=1S/C21H39N5O7S/c1-12(2)17(26-18(29)13(23)9-11-34-3)20(31)24-14(6-4-5-10-22)19(30)25-15(21(32)33)7-8-16(27)28/h12-15,17H,4-11,22-23H2,1-3H3,(H,24,31)(H,25,30)(H,26,29)(H,27,28)(H,32,33). The highest BCUT2D eigenvalue weighted by atomic mass is 32.2. The first kappa shape index (κ1) is 31.6. The van der Waals surface area contributed by atoms with E-state index in [4.69, 9.17) is 16.6 Å². The maximum Gasteiger partial charge on any atom is 0.326 e. The van der Waals surface area contributed by atoms with Gasteiger partial charge < -0.3 is 37.6 Å². The topological polar surface area (TPSA) is 214 Å². The van der Waals surface area contributed by atoms with E-state index in [0.717, 1.165) is 0 Å². The van der Waals surface area contributed by atoms with Crippen molar-refractivity contribution in [1.29, 1.82) is 0 Å². The molecule has 0 saturated heterocycles. The number of amides is 3. The molecular formula is C21H39N5O7S. The Morgan fingerprint density at radius 1 is 0.853 bits per heavy atom. The second-order valence-corrected chi connectivity index (χ2v) is 9.28. The van der Waals surface area contributed by atoms with Crippen molar-refractivity contribution in [3.05, 3.63) is 0 Å². The summed E-state index contributed by atoms with van der Waals surface area (Å²) in [6.45, 7) is 3.83. The zero-order valence-corrected chi connectivity index (χ0v) is 20.9. The molecule has 0 radical (unpaired) electrons. The van der Waals surface area contributed by atoms with E-state index in [1.54, 1.807) is 25.6 Å². The molecule has 4 atom stereocenters. The molecule has 0 aliphatic rings. The van der Waals surface area contributed by atoms with Gasteiger partial charge in [-0.1, -0.05) is 13.8 Å². The van der Waals surface area contributed by atoms with Gasteiger partial charge in [-0.25, -0.2) is 4.79 Å². The third-order valence-corrected chi connectivity index (χ3v) is 5.70. The van der Waals surface area contributed by atoms with Crippen LogP contribution < -0.4 is 27.4 Å². The largest absolute Gasteiger partial charge is 0.481 e. The first-order valence-corrected chi connectivity index (χ1v) is 12.6. The molecule has 13 heteroatoms. The summed E-state index contributed by atoms with van der Waals surface area (Å²) >= 11 is 1.54. The van der Waals surface area contributed by atoms with Gasteiger partial charge in [0.2, 0.25) is 17.7 Å². The fraction of sp³-hybridized carbons (Fsp3) is 0.762. The molecule has 0 fully saturated rings. The first-order chi connectivity index (χ1) is 15.9. The summed E-state index contributed by atoms with van der Waals surface area (Å²) in [4.78, 5) is 60.4. The molecule has 0 saturated carbocycles. The molecular weight excluding hydrogens is 466 g/mol. The number of aliphatic carboxylic acids is 2. The van der Waals surface area contributed by atoms with E-state index < -0.39 is 60.2 Å². The van der Waals surface area contributed by atoms with Crippen LogP contribution in [-0.2, 0) is 24.0 Å². The number of nitrogens with one attached hydrogen (secondary N) is 3. The van der Waals surface area contributed by atoms with Gasteiger partial charge in [0.15, 0.2) is 0 Å². The number of thioether (sulfide) groups is 1. The Hall–Kier alpha value is -2.38. The molecule has 0 aromatic heterocycles. The normalized spacial score (nSPS) is 14.5. The Bertz CT molecular complexity index is 692. The Kier molecular flexibility index (Phi) is 15.9. The Balaban J connectivity index is 5.40. The van der Waals surface area contributed by atoms with E-state index in [2.05, 4.69) is 16.0 Å². The van der Waals surface area contributed by atoms with Gasteiger partial charge >= 0.3 is 11.9 Å². The highest BCUT2D eigenvalue weighted by Gasteiger charge is 2.31. The van der Waals surface area contributed by atoms with Crippen LogP contribution in [0.25, 0.3) is 0 Å². The van der Waals surface area contributed by atoms with Crippen molar-refractivity contribution in [1.82, 2.24) is 16.0 Å². The van der Waals surface area contributed by atoms with Gasteiger partial charge in [-0.05, 0) is 56.6 Å². The number of nitrogens with two attached hydrogens (primary N) is 2. The van der Waals surface area contributed by atoms with Crippen LogP contribution >= 0.6 is 11.8 Å². The summed E-state index contributed by atoms with van der Waals surface area (Å²) in [5.74, 6) is -4.05. The highest BCUT2D eigenvalue weighted by molar-refractivity contribution is 7.98. The monoisotopic (exact) mass is 505 g/mol. The molecule has 0 aromatic rings. The van der Waals surface area contributed by atoms with Crippen molar-refractivity contribution in [2.75, 3.05) is 18.6 Å². The number of unbranched alkanes of at least 4 members (excludes halogenated alkanes) is 1. The van der Waals surface area contributed by atoms with Crippen LogP contribution in [0.1, 0.15) is 52.4 Å². The second kappa shape index (κ2) is 17.1. The molecule has 0 aliphatic carbocycles. The lowest BCUT2D eigenvalue weighted by molar-refractivity contribution is -0.143. The zero-order valence-electron chi connectivity index (χ0n) is 20.0. The molecule has 9 N–H and O–H groups in total. The minimum absolute atomic E-state index is 0.187. The third-order valence-electron chi connectivity index (χ3n) is 5.06. The van der Waals surface area contributed by atoms with E-state index in [9.17, 15) is 29.1 Å². The third kappa shape index (κ3) is 12.8. The van der Waals surface area contributed by atoms with Crippen molar-refractivity contribution >= 4 is 41.4 Å². The maximum atomic E-state index is 13.0. The van der Waals surface area contributed by atoms with Gasteiger partial charge in [0.05, 0.1) is 6.04 Å². The summed E-state index contributed by atoms with van der Waals surface area (Å²) in [6, 6.07) is -4.25. The quantitative estimate of drug-likeness (QED) is 0.116. The van der Waals surface area contributed by atoms with Gasteiger partial charge in [-0.15, -0.1) is 0 Å². The zero-order chi connectivity index (χ0) is 26.3. The number of hydrogen-bond acceptors (Lipinski definition) is 8. The van der Waals surface area contributed by atoms with E-state index >= 15 is 0 Å². The number of carboxylic acids is 2. The average Bonchev–Trinajstić information content (AvgIpc) is 2.76. The highest BCUT2D eigenvalue weighted by Crippen LogP contribution is 2.08. The molecule has 0 bridgehead atoms. The van der Waals surface area contributed by atoms with Crippen LogP contribution in [0.15, 0.2) is 0 Å². The van der Waals surface area contributed by atoms with Crippen LogP contribution in [0.3, 0.4) is 0 Å². The van der Waals surface area contributed by atoms with E-state index in [-0.39, 0.29) is 18.8 Å². The predicted molar refractivity (Wildman–Crippen MR) is 129 cm³/mol. The SMILES string of the molecule is CSCCC(N)C(=O)NC(C(=O)NC(CCCCN)C(=O)NC(CCC(=O)O)C(=O)O)C(C)C. The molecule has 0 aliphatic heterocycles. The molecule has 0 rings (SSSR count). The molecule has 0 heterocycles. The van der Waals surface area contributed by atoms with Crippen LogP contribution in [-0.4, -0.2) is 82.6 Å². The molecule has 196 valence electrons. The number of rotatable bonds is 18. The van der Waals surface area contributed by atoms with Crippen molar-refractivity contribution in [3.63, 3.8) is 0 Å². The first-order valence-electron chi connectivity index (χ1n) is 11.2. The molecule has 34 heavy (non-hydrogen) atoms. The van der Waals surface area contributed by atoms with Crippen LogP contribution in [0.2, 0.25) is 0 Å². The fourth-order valence-electron chi connectivity index (χ4n) is 2.99. The summed E-state index contributed by atoms with van der Waals surface area (Å²) in [5.41, 5.74) is 11.4. The second-order valence-electron chi connectivity index (χ2n) is 8.30. The average molecular weight is 506 g/mol. The number of carbonyl (C=O) groups is 5. The van der Waals surface area contributed by atoms with Crippen LogP contribution in [0.4, 0.5) is 0 Å². The van der Waals surface area contributed by atoms with Gasteiger partial charge in [0.25, 0.3) is 0 Å². The number of carboxylic acid groups (broad SMARTS) is 2. The van der Waals surface area contributed by atoms with E-state index in [1.807, 2.05) is 6.26 Å². The minimum Gasteiger partial charge on any atom is -0.481 e. The van der Waals surface area contributed by atoms with E-state index in [0.29, 0.717) is 31.6 Å². The van der Waals surface area contributed by atoms with Crippen molar-refractivity contribution in [2.45, 2.75) is 76.5 Å². The minimum atomic E-state index is -1.42. The van der Waals surface area contributed by atoms with Crippen molar-refractivity contribution < 1.29 is 34.2 Å². The smallest absolute Gasteiger partial charge is 0.326 e. The molecule has 3 amide bonds. The number of hydrogen-bond donors (Lipinski definition) is 7. The maximum absolute atomic E-state index is 13.0. The lowest BCUT2D eigenvalue weighted by Gasteiger charge is -2.27. The van der Waals surface area contributed by atoms with Gasteiger partial charge in [0.1, 0.15) is 18.1 Å². The van der Waals surface area contributed by atoms with Gasteiger partial charge in [-0.2, -0.15) is 11.8 Å². The lowest BCUT2D eigenvalue weighted by Crippen LogP contribution is -2.58. The summed E-state index contributed by atoms with van der Waals surface area (Å²) in [6.07, 6.45) is 2.83. The van der Waals surface area contributed by atoms with Crippen molar-refractivity contribution in [2.24, 2.45) is 17.4 Å².